The number of anilines is 1. The van der Waals surface area contributed by atoms with Gasteiger partial charge < -0.3 is 9.64 Å². The van der Waals surface area contributed by atoms with Gasteiger partial charge in [-0.05, 0) is 24.1 Å². The number of hydrogen-bond acceptors (Lipinski definition) is 4. The number of hydrogen-bond donors (Lipinski definition) is 0. The van der Waals surface area contributed by atoms with E-state index in [0.717, 1.165) is 11.3 Å². The van der Waals surface area contributed by atoms with Crippen molar-refractivity contribution in [3.8, 4) is 0 Å². The van der Waals surface area contributed by atoms with Gasteiger partial charge in [0.15, 0.2) is 0 Å². The van der Waals surface area contributed by atoms with Crippen molar-refractivity contribution in [3.05, 3.63) is 66.2 Å². The van der Waals surface area contributed by atoms with Crippen molar-refractivity contribution in [2.45, 2.75) is 18.9 Å². The fourth-order valence-corrected chi connectivity index (χ4v) is 3.69. The van der Waals surface area contributed by atoms with Crippen LogP contribution in [0.1, 0.15) is 12.0 Å². The monoisotopic (exact) mass is 364 g/mol. The molecule has 6 nitrogen and oxygen atoms in total. The van der Waals surface area contributed by atoms with E-state index in [9.17, 15) is 14.4 Å². The summed E-state index contributed by atoms with van der Waals surface area (Å²) in [5, 5.41) is 0. The normalized spacial score (nSPS) is 22.2. The van der Waals surface area contributed by atoms with Gasteiger partial charge in [0.05, 0.1) is 12.0 Å². The molecular formula is C21H20N2O4. The predicted octanol–water partition coefficient (Wildman–Crippen LogP) is 2.63. The van der Waals surface area contributed by atoms with Crippen LogP contribution in [-0.4, -0.2) is 42.0 Å². The third-order valence-corrected chi connectivity index (χ3v) is 5.05. The highest BCUT2D eigenvalue weighted by molar-refractivity contribution is 6.03. The van der Waals surface area contributed by atoms with Crippen LogP contribution in [0.15, 0.2) is 60.7 Å². The third-order valence-electron chi connectivity index (χ3n) is 5.05. The van der Waals surface area contributed by atoms with Crippen molar-refractivity contribution in [2.75, 3.05) is 18.1 Å². The van der Waals surface area contributed by atoms with Crippen LogP contribution in [0.2, 0.25) is 0 Å². The maximum atomic E-state index is 13.0. The first-order chi connectivity index (χ1) is 13.1. The lowest BCUT2D eigenvalue weighted by atomic mass is 10.0. The maximum absolute atomic E-state index is 13.0. The van der Waals surface area contributed by atoms with Crippen LogP contribution < -0.4 is 4.90 Å². The zero-order chi connectivity index (χ0) is 18.8. The molecule has 2 saturated heterocycles. The van der Waals surface area contributed by atoms with E-state index in [1.54, 1.807) is 4.90 Å². The Bertz CT molecular complexity index is 853. The van der Waals surface area contributed by atoms with Crippen LogP contribution in [0.5, 0.6) is 0 Å². The average molecular weight is 364 g/mol. The maximum Gasteiger partial charge on any atom is 0.416 e. The SMILES string of the molecule is O=C1C[C@@H](C(=O)N2C(=O)OC[C@H]2Cc2ccccc2)CN1c1ccccc1. The molecule has 0 aromatic heterocycles. The molecule has 0 bridgehead atoms. The molecule has 3 amide bonds. The molecule has 27 heavy (non-hydrogen) atoms. The van der Waals surface area contributed by atoms with Crippen LogP contribution in [-0.2, 0) is 20.7 Å². The quantitative estimate of drug-likeness (QED) is 0.836. The molecule has 138 valence electrons. The van der Waals surface area contributed by atoms with Gasteiger partial charge in [0.25, 0.3) is 0 Å². The molecular weight excluding hydrogens is 344 g/mol. The summed E-state index contributed by atoms with van der Waals surface area (Å²) in [7, 11) is 0. The van der Waals surface area contributed by atoms with E-state index in [1.807, 2.05) is 60.7 Å². The number of para-hydroxylation sites is 1. The Morgan fingerprint density at radius 3 is 2.37 bits per heavy atom. The molecule has 2 aliphatic heterocycles. The molecule has 2 atom stereocenters. The predicted molar refractivity (Wildman–Crippen MR) is 99.0 cm³/mol. The zero-order valence-corrected chi connectivity index (χ0v) is 14.8. The van der Waals surface area contributed by atoms with Crippen LogP contribution in [0.25, 0.3) is 0 Å². The Balaban J connectivity index is 1.49. The molecule has 0 unspecified atom stereocenters. The van der Waals surface area contributed by atoms with Gasteiger partial charge in [0, 0.05) is 18.7 Å². The number of carbonyl (C=O) groups excluding carboxylic acids is 3. The second kappa shape index (κ2) is 7.23. The van der Waals surface area contributed by atoms with E-state index in [2.05, 4.69) is 0 Å². The van der Waals surface area contributed by atoms with Crippen LogP contribution in [0.4, 0.5) is 10.5 Å². The summed E-state index contributed by atoms with van der Waals surface area (Å²) in [5.74, 6) is -0.974. The summed E-state index contributed by atoms with van der Waals surface area (Å²) < 4.78 is 5.14. The highest BCUT2D eigenvalue weighted by Crippen LogP contribution is 2.28. The highest BCUT2D eigenvalue weighted by Gasteiger charge is 2.44. The fourth-order valence-electron chi connectivity index (χ4n) is 3.69. The Morgan fingerprint density at radius 1 is 1.00 bits per heavy atom. The molecule has 2 aliphatic rings. The van der Waals surface area contributed by atoms with Gasteiger partial charge in [0.1, 0.15) is 6.61 Å². The number of carbonyl (C=O) groups is 3. The lowest BCUT2D eigenvalue weighted by Crippen LogP contribution is -2.44. The minimum absolute atomic E-state index is 0.105. The lowest BCUT2D eigenvalue weighted by Gasteiger charge is -2.23. The number of rotatable bonds is 4. The number of nitrogens with zero attached hydrogens (tertiary/aromatic N) is 2. The van der Waals surface area contributed by atoms with Crippen molar-refractivity contribution in [1.82, 2.24) is 4.90 Å². The standard InChI is InChI=1S/C21H20N2O4/c24-19-12-16(13-22(19)17-9-5-2-6-10-17)20(25)23-18(14-27-21(23)26)11-15-7-3-1-4-8-15/h1-10,16,18H,11-14H2/t16-,18-/m1/s1. The molecule has 4 rings (SSSR count). The van der Waals surface area contributed by atoms with E-state index in [0.29, 0.717) is 6.42 Å². The Kier molecular flexibility index (Phi) is 4.62. The largest absolute Gasteiger partial charge is 0.447 e. The van der Waals surface area contributed by atoms with E-state index in [-0.39, 0.29) is 37.4 Å². The molecule has 2 heterocycles. The van der Waals surface area contributed by atoms with Gasteiger partial charge in [-0.3, -0.25) is 9.59 Å². The van der Waals surface area contributed by atoms with Crippen molar-refractivity contribution < 1.29 is 19.1 Å². The molecule has 0 radical (unpaired) electrons. The van der Waals surface area contributed by atoms with Gasteiger partial charge in [-0.15, -0.1) is 0 Å². The number of benzene rings is 2. The Labute approximate surface area is 157 Å². The van der Waals surface area contributed by atoms with Crippen LogP contribution in [0.3, 0.4) is 0 Å². The van der Waals surface area contributed by atoms with E-state index in [4.69, 9.17) is 4.74 Å². The topological polar surface area (TPSA) is 66.9 Å². The fraction of sp³-hybridized carbons (Fsp3) is 0.286. The molecule has 0 aliphatic carbocycles. The van der Waals surface area contributed by atoms with Gasteiger partial charge in [-0.1, -0.05) is 48.5 Å². The number of ether oxygens (including phenoxy) is 1. The number of cyclic esters (lactones) is 1. The summed E-state index contributed by atoms with van der Waals surface area (Å²) in [4.78, 5) is 40.4. The van der Waals surface area contributed by atoms with Crippen molar-refractivity contribution in [2.24, 2.45) is 5.92 Å². The first-order valence-electron chi connectivity index (χ1n) is 9.02. The molecule has 2 aromatic rings. The minimum Gasteiger partial charge on any atom is -0.447 e. The minimum atomic E-state index is -0.619. The summed E-state index contributed by atoms with van der Waals surface area (Å²) in [6, 6.07) is 18.6. The summed E-state index contributed by atoms with van der Waals surface area (Å²) in [6.45, 7) is 0.464. The van der Waals surface area contributed by atoms with Crippen molar-refractivity contribution in [1.29, 1.82) is 0 Å². The van der Waals surface area contributed by atoms with Gasteiger partial charge in [0.2, 0.25) is 11.8 Å². The lowest BCUT2D eigenvalue weighted by molar-refractivity contribution is -0.133. The smallest absolute Gasteiger partial charge is 0.416 e. The van der Waals surface area contributed by atoms with Crippen LogP contribution in [0, 0.1) is 5.92 Å². The first kappa shape index (κ1) is 17.3. The van der Waals surface area contributed by atoms with E-state index < -0.39 is 12.0 Å². The zero-order valence-electron chi connectivity index (χ0n) is 14.8. The van der Waals surface area contributed by atoms with Crippen molar-refractivity contribution in [3.63, 3.8) is 0 Å². The number of imide groups is 1. The summed E-state index contributed by atoms with van der Waals surface area (Å²) >= 11 is 0. The molecule has 0 spiro atoms. The van der Waals surface area contributed by atoms with Gasteiger partial charge >= 0.3 is 6.09 Å². The van der Waals surface area contributed by atoms with Gasteiger partial charge in [-0.2, -0.15) is 0 Å². The molecule has 2 aromatic carbocycles. The average Bonchev–Trinajstić information content (AvgIpc) is 3.26. The van der Waals surface area contributed by atoms with Crippen molar-refractivity contribution >= 4 is 23.6 Å². The van der Waals surface area contributed by atoms with Gasteiger partial charge in [-0.25, -0.2) is 9.69 Å². The van der Waals surface area contributed by atoms with Crippen LogP contribution >= 0.6 is 0 Å². The molecule has 2 fully saturated rings. The molecule has 0 N–H and O–H groups in total. The second-order valence-corrected chi connectivity index (χ2v) is 6.87. The Morgan fingerprint density at radius 2 is 1.67 bits per heavy atom. The first-order valence-corrected chi connectivity index (χ1v) is 9.02. The molecule has 6 heteroatoms. The number of amides is 3. The third kappa shape index (κ3) is 3.43. The van der Waals surface area contributed by atoms with E-state index in [1.165, 1.54) is 4.90 Å². The summed E-state index contributed by atoms with van der Waals surface area (Å²) in [5.41, 5.74) is 1.80. The second-order valence-electron chi connectivity index (χ2n) is 6.87. The Hall–Kier alpha value is -3.15. The highest BCUT2D eigenvalue weighted by atomic mass is 16.6. The molecule has 0 saturated carbocycles. The van der Waals surface area contributed by atoms with E-state index >= 15 is 0 Å². The summed E-state index contributed by atoms with van der Waals surface area (Å²) in [6.07, 6.45) is 0.0308.